The second kappa shape index (κ2) is 11.2. The summed E-state index contributed by atoms with van der Waals surface area (Å²) in [6, 6.07) is 27.0. The normalized spacial score (nSPS) is 13.7. The van der Waals surface area contributed by atoms with E-state index in [1.807, 2.05) is 41.3 Å². The Hall–Kier alpha value is -4.89. The van der Waals surface area contributed by atoms with Gasteiger partial charge in [0.05, 0.1) is 22.6 Å². The smallest absolute Gasteiger partial charge is 0.366 e. The lowest BCUT2D eigenvalue weighted by molar-refractivity contribution is -0.137. The Balaban J connectivity index is 1.47. The van der Waals surface area contributed by atoms with Crippen LogP contribution in [0.25, 0.3) is 21.5 Å². The second-order valence-electron chi connectivity index (χ2n) is 10.1. The molecule has 1 heterocycles. The molecule has 1 aliphatic heterocycles. The number of halogens is 3. The highest BCUT2D eigenvalue weighted by Crippen LogP contribution is 2.42. The lowest BCUT2D eigenvalue weighted by atomic mass is 10.0. The van der Waals surface area contributed by atoms with Crippen LogP contribution in [0.3, 0.4) is 0 Å². The van der Waals surface area contributed by atoms with Gasteiger partial charge in [0.2, 0.25) is 0 Å². The molecule has 0 atom stereocenters. The Labute approximate surface area is 240 Å². The first-order valence-electron chi connectivity index (χ1n) is 13.6. The number of piperazine rings is 1. The lowest BCUT2D eigenvalue weighted by Crippen LogP contribution is -2.44. The molecule has 0 saturated carbocycles. The van der Waals surface area contributed by atoms with Crippen molar-refractivity contribution < 1.29 is 22.8 Å². The van der Waals surface area contributed by atoms with Gasteiger partial charge in [-0.15, -0.1) is 0 Å². The number of anilines is 3. The van der Waals surface area contributed by atoms with Crippen molar-refractivity contribution in [3.8, 4) is 0 Å². The fourth-order valence-corrected chi connectivity index (χ4v) is 5.44. The van der Waals surface area contributed by atoms with Crippen LogP contribution in [0.15, 0.2) is 97.1 Å². The SMILES string of the molecule is O=C(Nc1cc(C(F)(F)F)cc(NC(=O)c2cccc3ccccc23)c1N1CCNCC1)c1cccc2ccccc12. The fraction of sp³-hybridized carbons (Fsp3) is 0.152. The fourth-order valence-electron chi connectivity index (χ4n) is 5.44. The molecule has 6 rings (SSSR count). The van der Waals surface area contributed by atoms with Crippen LogP contribution >= 0.6 is 0 Å². The van der Waals surface area contributed by atoms with Crippen LogP contribution in [-0.2, 0) is 6.18 Å². The number of benzene rings is 5. The molecule has 0 unspecified atom stereocenters. The number of hydrogen-bond acceptors (Lipinski definition) is 4. The molecule has 2 amide bonds. The molecule has 0 aliphatic carbocycles. The van der Waals surface area contributed by atoms with Gasteiger partial charge in [0, 0.05) is 37.3 Å². The van der Waals surface area contributed by atoms with Crippen molar-refractivity contribution in [2.45, 2.75) is 6.18 Å². The van der Waals surface area contributed by atoms with Crippen molar-refractivity contribution in [2.75, 3.05) is 41.7 Å². The summed E-state index contributed by atoms with van der Waals surface area (Å²) in [4.78, 5) is 29.1. The number of amides is 2. The van der Waals surface area contributed by atoms with Crippen molar-refractivity contribution >= 4 is 50.4 Å². The third kappa shape index (κ3) is 5.38. The van der Waals surface area contributed by atoms with Gasteiger partial charge in [0.25, 0.3) is 11.8 Å². The van der Waals surface area contributed by atoms with Crippen LogP contribution in [0.2, 0.25) is 0 Å². The van der Waals surface area contributed by atoms with Crippen LogP contribution in [0.4, 0.5) is 30.2 Å². The van der Waals surface area contributed by atoms with E-state index in [4.69, 9.17) is 0 Å². The monoisotopic (exact) mass is 568 g/mol. The third-order valence-corrected chi connectivity index (χ3v) is 7.44. The van der Waals surface area contributed by atoms with E-state index in [-0.39, 0.29) is 11.4 Å². The molecular weight excluding hydrogens is 541 g/mol. The highest BCUT2D eigenvalue weighted by molar-refractivity contribution is 6.17. The molecule has 1 aliphatic rings. The molecule has 1 fully saturated rings. The number of carbonyl (C=O) groups excluding carboxylic acids is 2. The first-order chi connectivity index (χ1) is 20.3. The molecule has 9 heteroatoms. The number of fused-ring (bicyclic) bond motifs is 2. The van der Waals surface area contributed by atoms with E-state index in [0.717, 1.165) is 22.9 Å². The Morgan fingerprint density at radius 2 is 1.12 bits per heavy atom. The first kappa shape index (κ1) is 27.3. The molecule has 6 nitrogen and oxygen atoms in total. The molecule has 0 spiro atoms. The minimum atomic E-state index is -4.72. The number of rotatable bonds is 5. The first-order valence-corrected chi connectivity index (χ1v) is 13.6. The molecular formula is C33H27F3N4O2. The van der Waals surface area contributed by atoms with Gasteiger partial charge < -0.3 is 20.9 Å². The number of hydrogen-bond donors (Lipinski definition) is 3. The van der Waals surface area contributed by atoms with Gasteiger partial charge in [0.1, 0.15) is 0 Å². The van der Waals surface area contributed by atoms with Crippen LogP contribution in [0.5, 0.6) is 0 Å². The Kier molecular flexibility index (Phi) is 7.26. The zero-order valence-electron chi connectivity index (χ0n) is 22.5. The summed E-state index contributed by atoms with van der Waals surface area (Å²) in [7, 11) is 0. The van der Waals surface area contributed by atoms with Gasteiger partial charge >= 0.3 is 6.18 Å². The molecule has 1 saturated heterocycles. The van der Waals surface area contributed by atoms with Gasteiger partial charge in [0.15, 0.2) is 0 Å². The third-order valence-electron chi connectivity index (χ3n) is 7.44. The highest BCUT2D eigenvalue weighted by Gasteiger charge is 2.34. The summed E-state index contributed by atoms with van der Waals surface area (Å²) in [5.41, 5.74) is -0.0542. The summed E-state index contributed by atoms with van der Waals surface area (Å²) in [6.07, 6.45) is -4.72. The molecule has 212 valence electrons. The van der Waals surface area contributed by atoms with Gasteiger partial charge in [-0.3, -0.25) is 9.59 Å². The molecule has 3 N–H and O–H groups in total. The summed E-state index contributed by atoms with van der Waals surface area (Å²) in [5, 5.41) is 11.8. The Morgan fingerprint density at radius 3 is 1.60 bits per heavy atom. The maximum absolute atomic E-state index is 14.2. The van der Waals surface area contributed by atoms with Gasteiger partial charge in [-0.25, -0.2) is 0 Å². The summed E-state index contributed by atoms with van der Waals surface area (Å²) in [5.74, 6) is -1.09. The topological polar surface area (TPSA) is 73.5 Å². The zero-order chi connectivity index (χ0) is 29.3. The van der Waals surface area contributed by atoms with Crippen molar-refractivity contribution in [1.82, 2.24) is 5.32 Å². The maximum atomic E-state index is 14.2. The Bertz CT molecular complexity index is 1690. The van der Waals surface area contributed by atoms with E-state index >= 15 is 0 Å². The van der Waals surface area contributed by atoms with Gasteiger partial charge in [-0.05, 0) is 45.8 Å². The molecule has 0 radical (unpaired) electrons. The number of alkyl halides is 3. The number of nitrogens with one attached hydrogen (secondary N) is 3. The second-order valence-corrected chi connectivity index (χ2v) is 10.1. The van der Waals surface area contributed by atoms with Crippen LogP contribution < -0.4 is 20.9 Å². The van der Waals surface area contributed by atoms with Crippen molar-refractivity contribution in [2.24, 2.45) is 0 Å². The minimum absolute atomic E-state index is 0.0297. The van der Waals surface area contributed by atoms with Gasteiger partial charge in [-0.1, -0.05) is 72.8 Å². The van der Waals surface area contributed by atoms with Crippen molar-refractivity contribution in [3.05, 3.63) is 114 Å². The predicted octanol–water partition coefficient (Wildman–Crippen LogP) is 6.93. The maximum Gasteiger partial charge on any atom is 0.416 e. The molecule has 0 aromatic heterocycles. The summed E-state index contributed by atoms with van der Waals surface area (Å²) < 4.78 is 42.6. The molecule has 0 bridgehead atoms. The average molecular weight is 569 g/mol. The molecule has 42 heavy (non-hydrogen) atoms. The molecule has 5 aromatic rings. The van der Waals surface area contributed by atoms with Crippen LogP contribution in [0.1, 0.15) is 26.3 Å². The van der Waals surface area contributed by atoms with Crippen molar-refractivity contribution in [1.29, 1.82) is 0 Å². The van der Waals surface area contributed by atoms with E-state index < -0.39 is 23.6 Å². The lowest BCUT2D eigenvalue weighted by Gasteiger charge is -2.33. The van der Waals surface area contributed by atoms with Crippen LogP contribution in [-0.4, -0.2) is 38.0 Å². The number of nitrogens with zero attached hydrogens (tertiary/aromatic N) is 1. The summed E-state index contributed by atoms with van der Waals surface area (Å²) >= 11 is 0. The quantitative estimate of drug-likeness (QED) is 0.215. The van der Waals surface area contributed by atoms with E-state index in [1.54, 1.807) is 48.5 Å². The molecule has 5 aromatic carbocycles. The largest absolute Gasteiger partial charge is 0.416 e. The van der Waals surface area contributed by atoms with Crippen LogP contribution in [0, 0.1) is 0 Å². The van der Waals surface area contributed by atoms with E-state index in [0.29, 0.717) is 53.8 Å². The van der Waals surface area contributed by atoms with E-state index in [1.165, 1.54) is 0 Å². The van der Waals surface area contributed by atoms with E-state index in [2.05, 4.69) is 16.0 Å². The standard InChI is InChI=1S/C33H27F3N4O2/c34-33(35,36)23-19-28(38-31(41)26-13-5-9-21-7-1-3-11-24(21)26)30(40-17-15-37-16-18-40)29(20-23)39-32(42)27-14-6-10-22-8-2-4-12-25(22)27/h1-14,19-20,37H,15-18H2,(H,38,41)(H,39,42). The van der Waals surface area contributed by atoms with E-state index in [9.17, 15) is 22.8 Å². The minimum Gasteiger partial charge on any atom is -0.366 e. The van der Waals surface area contributed by atoms with Crippen molar-refractivity contribution in [3.63, 3.8) is 0 Å². The Morgan fingerprint density at radius 1 is 0.667 bits per heavy atom. The van der Waals surface area contributed by atoms with Gasteiger partial charge in [-0.2, -0.15) is 13.2 Å². The number of carbonyl (C=O) groups is 2. The zero-order valence-corrected chi connectivity index (χ0v) is 22.5. The average Bonchev–Trinajstić information content (AvgIpc) is 3.00. The summed E-state index contributed by atoms with van der Waals surface area (Å²) in [6.45, 7) is 2.13. The highest BCUT2D eigenvalue weighted by atomic mass is 19.4. The predicted molar refractivity (Wildman–Crippen MR) is 160 cm³/mol.